The minimum atomic E-state index is -0.180. The van der Waals surface area contributed by atoms with Gasteiger partial charge < -0.3 is 0 Å². The quantitative estimate of drug-likeness (QED) is 0.787. The van der Waals surface area contributed by atoms with E-state index in [-0.39, 0.29) is 11.3 Å². The fraction of sp³-hybridized carbons (Fsp3) is 0.667. The smallest absolute Gasteiger partial charge is 0.238 e. The van der Waals surface area contributed by atoms with Crippen molar-refractivity contribution in [3.05, 3.63) is 18.5 Å². The second kappa shape index (κ2) is 5.13. The van der Waals surface area contributed by atoms with Gasteiger partial charge in [0.25, 0.3) is 0 Å². The first-order valence-corrected chi connectivity index (χ1v) is 7.49. The lowest BCUT2D eigenvalue weighted by Gasteiger charge is -2.53. The number of carbonyl (C=O) groups is 1. The molecular formula is C15H22N4O. The van der Waals surface area contributed by atoms with Crippen LogP contribution in [0.4, 0.5) is 5.95 Å². The molecule has 0 aromatic carbocycles. The highest BCUT2D eigenvalue weighted by atomic mass is 16.2. The molecule has 5 heteroatoms. The Balaban J connectivity index is 1.72. The zero-order valence-corrected chi connectivity index (χ0v) is 12.2. The van der Waals surface area contributed by atoms with E-state index in [1.54, 1.807) is 23.4 Å². The summed E-state index contributed by atoms with van der Waals surface area (Å²) in [5, 5.41) is 0. The number of nitrogens with zero attached hydrogens (tertiary/aromatic N) is 4. The molecule has 0 aliphatic carbocycles. The molecule has 1 aromatic rings. The highest BCUT2D eigenvalue weighted by molar-refractivity contribution is 6.03. The molecule has 2 aliphatic rings. The Bertz CT molecular complexity index is 492. The maximum Gasteiger partial charge on any atom is 0.238 e. The third kappa shape index (κ3) is 2.10. The summed E-state index contributed by atoms with van der Waals surface area (Å²) in [5.74, 6) is 0.750. The van der Waals surface area contributed by atoms with Crippen LogP contribution in [-0.2, 0) is 4.79 Å². The molecule has 2 saturated heterocycles. The summed E-state index contributed by atoms with van der Waals surface area (Å²) in [7, 11) is 0. The molecule has 108 valence electrons. The summed E-state index contributed by atoms with van der Waals surface area (Å²) in [6, 6.07) is 2.33. The molecule has 1 amide bonds. The van der Waals surface area contributed by atoms with Crippen LogP contribution in [0.1, 0.15) is 33.1 Å². The summed E-state index contributed by atoms with van der Waals surface area (Å²) in [6.07, 6.45) is 6.62. The van der Waals surface area contributed by atoms with Crippen molar-refractivity contribution in [2.24, 2.45) is 5.41 Å². The standard InChI is InChI=1S/C15H22N4O/c1-3-12(2)18-9-4-6-15(10-18)11-19(13(15)20)14-16-7-5-8-17-14/h5,7-8,12H,3-4,6,9-11H2,1-2H3/t12-,15+/m1/s1. The molecule has 0 saturated carbocycles. The number of hydrogen-bond donors (Lipinski definition) is 0. The number of amides is 1. The van der Waals surface area contributed by atoms with E-state index in [0.29, 0.717) is 12.0 Å². The fourth-order valence-corrected chi connectivity index (χ4v) is 3.33. The molecule has 0 N–H and O–H groups in total. The topological polar surface area (TPSA) is 49.3 Å². The molecule has 1 spiro atoms. The average Bonchev–Trinajstić information content (AvgIpc) is 2.52. The lowest BCUT2D eigenvalue weighted by molar-refractivity contribution is -0.140. The van der Waals surface area contributed by atoms with Gasteiger partial charge in [0.15, 0.2) is 0 Å². The van der Waals surface area contributed by atoms with Gasteiger partial charge in [0.2, 0.25) is 11.9 Å². The van der Waals surface area contributed by atoms with Crippen LogP contribution in [0.15, 0.2) is 18.5 Å². The molecule has 3 rings (SSSR count). The van der Waals surface area contributed by atoms with Gasteiger partial charge in [-0.2, -0.15) is 0 Å². The SMILES string of the molecule is CC[C@@H](C)N1CCC[C@@]2(CN(c3ncccn3)C2=O)C1. The van der Waals surface area contributed by atoms with Gasteiger partial charge in [0, 0.05) is 31.5 Å². The van der Waals surface area contributed by atoms with Crippen molar-refractivity contribution in [2.45, 2.75) is 39.2 Å². The largest absolute Gasteiger partial charge is 0.300 e. The zero-order chi connectivity index (χ0) is 14.2. The number of piperidine rings is 1. The number of β-lactam (4-membered cyclic amide) rings is 1. The van der Waals surface area contributed by atoms with Crippen LogP contribution >= 0.6 is 0 Å². The molecule has 20 heavy (non-hydrogen) atoms. The van der Waals surface area contributed by atoms with Crippen molar-refractivity contribution >= 4 is 11.9 Å². The van der Waals surface area contributed by atoms with Gasteiger partial charge in [-0.25, -0.2) is 9.97 Å². The summed E-state index contributed by atoms with van der Waals surface area (Å²) in [5.41, 5.74) is -0.180. The normalized spacial score (nSPS) is 28.5. The summed E-state index contributed by atoms with van der Waals surface area (Å²) in [4.78, 5) is 25.2. The van der Waals surface area contributed by atoms with Crippen LogP contribution in [0.2, 0.25) is 0 Å². The Kier molecular flexibility index (Phi) is 3.46. The zero-order valence-electron chi connectivity index (χ0n) is 12.2. The van der Waals surface area contributed by atoms with Crippen molar-refractivity contribution in [3.63, 3.8) is 0 Å². The van der Waals surface area contributed by atoms with E-state index in [1.165, 1.54) is 0 Å². The van der Waals surface area contributed by atoms with Gasteiger partial charge in [0.1, 0.15) is 0 Å². The van der Waals surface area contributed by atoms with E-state index < -0.39 is 0 Å². The summed E-state index contributed by atoms with van der Waals surface area (Å²) >= 11 is 0. The molecule has 0 radical (unpaired) electrons. The van der Waals surface area contributed by atoms with Gasteiger partial charge in [-0.15, -0.1) is 0 Å². The van der Waals surface area contributed by atoms with Crippen LogP contribution in [0.5, 0.6) is 0 Å². The monoisotopic (exact) mass is 274 g/mol. The van der Waals surface area contributed by atoms with E-state index >= 15 is 0 Å². The van der Waals surface area contributed by atoms with Gasteiger partial charge in [0.05, 0.1) is 5.41 Å². The Morgan fingerprint density at radius 3 is 2.75 bits per heavy atom. The van der Waals surface area contributed by atoms with Crippen LogP contribution in [0.25, 0.3) is 0 Å². The highest BCUT2D eigenvalue weighted by Crippen LogP contribution is 2.42. The Morgan fingerprint density at radius 2 is 2.10 bits per heavy atom. The Morgan fingerprint density at radius 1 is 1.35 bits per heavy atom. The van der Waals surface area contributed by atoms with E-state index in [2.05, 4.69) is 28.7 Å². The van der Waals surface area contributed by atoms with E-state index in [9.17, 15) is 4.79 Å². The molecule has 5 nitrogen and oxygen atoms in total. The van der Waals surface area contributed by atoms with Gasteiger partial charge in [-0.05, 0) is 38.8 Å². The van der Waals surface area contributed by atoms with Gasteiger partial charge in [-0.3, -0.25) is 14.6 Å². The molecular weight excluding hydrogens is 252 g/mol. The predicted octanol–water partition coefficient (Wildman–Crippen LogP) is 1.70. The second-order valence-electron chi connectivity index (χ2n) is 6.05. The number of carbonyl (C=O) groups excluding carboxylic acids is 1. The van der Waals surface area contributed by atoms with Crippen molar-refractivity contribution in [3.8, 4) is 0 Å². The van der Waals surface area contributed by atoms with Crippen LogP contribution in [0, 0.1) is 5.41 Å². The maximum absolute atomic E-state index is 12.6. The van der Waals surface area contributed by atoms with E-state index in [4.69, 9.17) is 0 Å². The number of likely N-dealkylation sites (tertiary alicyclic amines) is 1. The predicted molar refractivity (Wildman–Crippen MR) is 77.4 cm³/mol. The first-order valence-electron chi connectivity index (χ1n) is 7.49. The van der Waals surface area contributed by atoms with Crippen LogP contribution in [0.3, 0.4) is 0 Å². The summed E-state index contributed by atoms with van der Waals surface area (Å²) < 4.78 is 0. The Labute approximate surface area is 120 Å². The molecule has 2 fully saturated rings. The fourth-order valence-electron chi connectivity index (χ4n) is 3.33. The van der Waals surface area contributed by atoms with Gasteiger partial charge in [-0.1, -0.05) is 6.92 Å². The lowest BCUT2D eigenvalue weighted by Crippen LogP contribution is -2.68. The number of anilines is 1. The van der Waals surface area contributed by atoms with Crippen molar-refractivity contribution in [1.29, 1.82) is 0 Å². The molecule has 2 aliphatic heterocycles. The van der Waals surface area contributed by atoms with Crippen molar-refractivity contribution in [2.75, 3.05) is 24.5 Å². The third-order valence-electron chi connectivity index (χ3n) is 4.77. The van der Waals surface area contributed by atoms with E-state index in [0.717, 1.165) is 38.9 Å². The number of hydrogen-bond acceptors (Lipinski definition) is 4. The molecule has 2 atom stereocenters. The van der Waals surface area contributed by atoms with Crippen molar-refractivity contribution in [1.82, 2.24) is 14.9 Å². The molecule has 3 heterocycles. The molecule has 0 unspecified atom stereocenters. The summed E-state index contributed by atoms with van der Waals surface area (Å²) in [6.45, 7) is 7.23. The average molecular weight is 274 g/mol. The second-order valence-corrected chi connectivity index (χ2v) is 6.05. The third-order valence-corrected chi connectivity index (χ3v) is 4.77. The first-order chi connectivity index (χ1) is 9.66. The molecule has 0 bridgehead atoms. The lowest BCUT2D eigenvalue weighted by atomic mass is 9.72. The first kappa shape index (κ1) is 13.5. The maximum atomic E-state index is 12.6. The molecule has 1 aromatic heterocycles. The van der Waals surface area contributed by atoms with Gasteiger partial charge >= 0.3 is 0 Å². The van der Waals surface area contributed by atoms with E-state index in [1.807, 2.05) is 0 Å². The minimum Gasteiger partial charge on any atom is -0.300 e. The number of rotatable bonds is 3. The minimum absolute atomic E-state index is 0.180. The van der Waals surface area contributed by atoms with Crippen LogP contribution < -0.4 is 4.90 Å². The van der Waals surface area contributed by atoms with Crippen LogP contribution in [-0.4, -0.2) is 46.5 Å². The highest BCUT2D eigenvalue weighted by Gasteiger charge is 2.55. The Hall–Kier alpha value is -1.49. The van der Waals surface area contributed by atoms with Crippen molar-refractivity contribution < 1.29 is 4.79 Å². The number of aromatic nitrogens is 2.